The SMILES string of the molecule is C.C.C.C.C.C.C.C.C.C.C.C.C=C(C)C(=O)OCC(=O)OC1(C(C)CC)C2CC3CC(C2)CC1C3.C=C(C)C(=O)OCC(=O)OC1(CC)C2CC3CC1CC(C)(C3)C2.C=C(C)C(=O)OCCC(=O)OC1(C)C2CC3CC1CC(C)(C3)C2.C=CC(=O)OCC(=O)OC1(C(C)CC)C2CC3CC(C2)CC1C3.C=CC(=O)OCC(=O)OC1(C)C2CC3CC1CC(C)(C3)C2.C=CC(=O)OCC(=O)OC1(CC)C2CC3CC1CC(C)(C3)C2. The van der Waals surface area contributed by atoms with E-state index in [2.05, 4.69) is 123 Å². The third-order valence-electron chi connectivity index (χ3n) is 38.3. The average Bonchev–Trinajstić information content (AvgIpc) is 0.727. The van der Waals surface area contributed by atoms with Crippen LogP contribution in [0.15, 0.2) is 74.4 Å². The van der Waals surface area contributed by atoms with Gasteiger partial charge in [-0.15, -0.1) is 0 Å². The van der Waals surface area contributed by atoms with Crippen LogP contribution in [0, 0.1) is 152 Å². The lowest BCUT2D eigenvalue weighted by Crippen LogP contribution is -2.62. The maximum Gasteiger partial charge on any atom is 0.344 e. The summed E-state index contributed by atoms with van der Waals surface area (Å²) in [6, 6.07) is 0. The molecule has 24 rings (SSSR count). The van der Waals surface area contributed by atoms with Gasteiger partial charge in [0.2, 0.25) is 0 Å². The quantitative estimate of drug-likeness (QED) is 0.0353. The van der Waals surface area contributed by atoms with Crippen LogP contribution in [0.5, 0.6) is 0 Å². The first kappa shape index (κ1) is 138. The summed E-state index contributed by atoms with van der Waals surface area (Å²) in [6.07, 6.45) is 43.4. The fourth-order valence-corrected chi connectivity index (χ4v) is 33.6. The van der Waals surface area contributed by atoms with Crippen LogP contribution in [0.3, 0.4) is 0 Å². The van der Waals surface area contributed by atoms with Crippen LogP contribution in [-0.4, -0.2) is 145 Å². The summed E-state index contributed by atoms with van der Waals surface area (Å²) in [4.78, 5) is 141. The maximum atomic E-state index is 12.5. The largest absolute Gasteiger partial charge is 0.462 e. The Labute approximate surface area is 898 Å². The van der Waals surface area contributed by atoms with Gasteiger partial charge in [-0.1, -0.05) is 198 Å². The normalized spacial score (nSPS) is 37.2. The van der Waals surface area contributed by atoms with Gasteiger partial charge in [-0.3, -0.25) is 4.79 Å². The van der Waals surface area contributed by atoms with Crippen LogP contribution in [0.4, 0.5) is 0 Å². The Bertz CT molecular complexity index is 4400. The third-order valence-corrected chi connectivity index (χ3v) is 38.3. The summed E-state index contributed by atoms with van der Waals surface area (Å²) in [5, 5.41) is 0. The van der Waals surface area contributed by atoms with Gasteiger partial charge in [0.05, 0.1) is 6.42 Å². The monoisotopic (exact) mass is 2090 g/mol. The highest BCUT2D eigenvalue weighted by Crippen LogP contribution is 2.71. The molecule has 10 atom stereocenters. The molecule has 24 bridgehead atoms. The molecule has 0 spiro atoms. The highest BCUT2D eigenvalue weighted by atomic mass is 16.6. The first-order valence-corrected chi connectivity index (χ1v) is 52.3. The molecular weight excluding hydrogens is 1870 g/mol. The van der Waals surface area contributed by atoms with E-state index in [4.69, 9.17) is 56.8 Å². The zero-order valence-corrected chi connectivity index (χ0v) is 85.0. The Morgan fingerprint density at radius 1 is 0.270 bits per heavy atom. The molecule has 24 aliphatic carbocycles. The second-order valence-electron chi connectivity index (χ2n) is 48.2. The predicted molar refractivity (Wildman–Crippen MR) is 591 cm³/mol. The van der Waals surface area contributed by atoms with E-state index < -0.39 is 65.7 Å². The van der Waals surface area contributed by atoms with Crippen LogP contribution in [0.25, 0.3) is 0 Å². The number of rotatable bonds is 31. The van der Waals surface area contributed by atoms with Gasteiger partial charge in [0.15, 0.2) is 33.0 Å². The molecule has 0 aliphatic heterocycles. The van der Waals surface area contributed by atoms with E-state index in [0.717, 1.165) is 130 Å². The van der Waals surface area contributed by atoms with Crippen molar-refractivity contribution in [3.63, 3.8) is 0 Å². The van der Waals surface area contributed by atoms with Crippen LogP contribution in [-0.2, 0) is 114 Å². The lowest BCUT2D eigenvalue weighted by atomic mass is 9.44. The van der Waals surface area contributed by atoms with E-state index >= 15 is 0 Å². The van der Waals surface area contributed by atoms with Crippen molar-refractivity contribution in [2.45, 2.75) is 451 Å². The number of hydrogen-bond acceptors (Lipinski definition) is 24. The molecule has 24 nitrogen and oxygen atoms in total. The molecule has 24 aliphatic rings. The molecule has 0 aromatic carbocycles. The van der Waals surface area contributed by atoms with Gasteiger partial charge in [-0.25, -0.2) is 52.7 Å². The molecular formula is C124H212O24. The Morgan fingerprint density at radius 3 is 0.709 bits per heavy atom. The molecule has 0 N–H and O–H groups in total. The molecule has 0 saturated heterocycles. The third kappa shape index (κ3) is 29.4. The van der Waals surface area contributed by atoms with Crippen molar-refractivity contribution in [2.24, 2.45) is 152 Å². The van der Waals surface area contributed by atoms with Crippen molar-refractivity contribution in [3.8, 4) is 0 Å². The summed E-state index contributed by atoms with van der Waals surface area (Å²) < 4.78 is 65.4. The molecule has 24 saturated carbocycles. The average molecular weight is 2090 g/mol. The summed E-state index contributed by atoms with van der Waals surface area (Å²) in [6.45, 7) is 50.6. The van der Waals surface area contributed by atoms with E-state index in [-0.39, 0.29) is 175 Å². The van der Waals surface area contributed by atoms with Gasteiger partial charge in [0, 0.05) is 34.9 Å². The molecule has 0 aromatic rings. The minimum atomic E-state index is -0.588. The van der Waals surface area contributed by atoms with Crippen molar-refractivity contribution in [1.82, 2.24) is 0 Å². The molecule has 0 heterocycles. The predicted octanol–water partition coefficient (Wildman–Crippen LogP) is 28.4. The highest BCUT2D eigenvalue weighted by Gasteiger charge is 2.68. The molecule has 0 radical (unpaired) electrons. The van der Waals surface area contributed by atoms with Crippen molar-refractivity contribution in [2.75, 3.05) is 39.6 Å². The van der Waals surface area contributed by atoms with E-state index in [1.807, 2.05) is 0 Å². The van der Waals surface area contributed by atoms with Crippen LogP contribution in [0.2, 0.25) is 0 Å². The number of carbonyl (C=O) groups excluding carboxylic acids is 12. The van der Waals surface area contributed by atoms with Crippen LogP contribution >= 0.6 is 0 Å². The summed E-state index contributed by atoms with van der Waals surface area (Å²) in [7, 11) is 0. The van der Waals surface area contributed by atoms with Crippen molar-refractivity contribution < 1.29 is 114 Å². The van der Waals surface area contributed by atoms with Crippen molar-refractivity contribution in [3.05, 3.63) is 74.4 Å². The summed E-state index contributed by atoms with van der Waals surface area (Å²) in [5.41, 5.74) is 0.632. The second-order valence-corrected chi connectivity index (χ2v) is 48.2. The van der Waals surface area contributed by atoms with Crippen LogP contribution < -0.4 is 0 Å². The maximum absolute atomic E-state index is 12.5. The number of ether oxygens (including phenoxy) is 12. The molecule has 24 fully saturated rings. The Hall–Kier alpha value is -7.92. The summed E-state index contributed by atoms with van der Waals surface area (Å²) in [5.74, 6) is 7.24. The fourth-order valence-electron chi connectivity index (χ4n) is 33.6. The minimum Gasteiger partial charge on any atom is -0.462 e. The topological polar surface area (TPSA) is 316 Å². The molecule has 24 heteroatoms. The molecule has 148 heavy (non-hydrogen) atoms. The van der Waals surface area contributed by atoms with Gasteiger partial charge in [-0.05, 0) is 405 Å². The molecule has 10 unspecified atom stereocenters. The molecule has 852 valence electrons. The zero-order chi connectivity index (χ0) is 99.0. The van der Waals surface area contributed by atoms with Crippen molar-refractivity contribution in [1.29, 1.82) is 0 Å². The highest BCUT2D eigenvalue weighted by molar-refractivity contribution is 5.90. The Balaban J connectivity index is 0.000000874. The van der Waals surface area contributed by atoms with E-state index in [0.29, 0.717) is 121 Å². The zero-order valence-electron chi connectivity index (χ0n) is 85.0. The van der Waals surface area contributed by atoms with E-state index in [1.54, 1.807) is 20.8 Å². The van der Waals surface area contributed by atoms with Gasteiger partial charge in [0.25, 0.3) is 0 Å². The van der Waals surface area contributed by atoms with Gasteiger partial charge in [0.1, 0.15) is 40.2 Å². The Morgan fingerprint density at radius 2 is 0.480 bits per heavy atom. The fraction of sp³-hybridized carbons (Fsp3) is 0.806. The molecule has 0 amide bonds. The smallest absolute Gasteiger partial charge is 0.344 e. The number of esters is 12. The number of carbonyl (C=O) groups is 12. The van der Waals surface area contributed by atoms with E-state index in [9.17, 15) is 57.5 Å². The van der Waals surface area contributed by atoms with Crippen molar-refractivity contribution >= 4 is 71.6 Å². The summed E-state index contributed by atoms with van der Waals surface area (Å²) >= 11 is 0. The lowest BCUT2D eigenvalue weighted by molar-refractivity contribution is -0.230. The Kier molecular flexibility index (Phi) is 51.5. The first-order chi connectivity index (χ1) is 64.1. The first-order valence-electron chi connectivity index (χ1n) is 52.3. The number of hydrogen-bond donors (Lipinski definition) is 0. The lowest BCUT2D eigenvalue weighted by Gasteiger charge is -2.63. The van der Waals surface area contributed by atoms with Gasteiger partial charge in [-0.2, -0.15) is 0 Å². The minimum absolute atomic E-state index is 0. The van der Waals surface area contributed by atoms with Crippen LogP contribution in [0.1, 0.15) is 418 Å². The standard InChI is InChI=1S/C20H30O4.3C19H28O4.C18H26O4.C17H24O4.12CH4/c1-5-13(4)20(24-18(21)11-23-19(22)12(2)3)16-7-14-6-15(9-16)10-17(20)8-14;1-12(2)17(21)22-6-5-16(20)23-19(4)14-7-13-8-15(19)11-18(3,9-13)10-14;1-5-19(23-16(20)11-22-17(21)12(2)3)14-6-13-7-15(19)10-18(4,8-13)9-14;1-4-12(3)19(23-18(21)11-22-17(20)5-2)15-7-13-6-14(9-15)10-16(19)8-13;1-4-15(19)21-11-16(20)22-18(5-2)13-6-12-7-14(18)10-17(3,8-12)9-13;1-4-14(18)20-10-15(19)21-17(3)12-5-11-6-13(17)9-16(2,7-11)8-12;;;;;;;;;;;;/h13-17H,2,5-11H2,1,3-4H3;13-15H,1,5-11H2,2-4H3;13-15H,2,5-11H2,1,3-4H3;5,12-16H,2,4,6-11H2,1,3H3;4,12-14H,1,5-11H2,2-3H3;4,11-13H,1,5-10H2,2-3H3;12*1H4. The van der Waals surface area contributed by atoms with E-state index in [1.165, 1.54) is 154 Å². The van der Waals surface area contributed by atoms with Gasteiger partial charge < -0.3 is 56.8 Å². The molecule has 0 aromatic heterocycles. The van der Waals surface area contributed by atoms with Gasteiger partial charge >= 0.3 is 71.6 Å². The second kappa shape index (κ2) is 55.2.